The molecular weight excluding hydrogens is 429 g/mol. The van der Waals surface area contributed by atoms with Gasteiger partial charge in [0.05, 0.1) is 0 Å². The van der Waals surface area contributed by atoms with Crippen LogP contribution in [0.25, 0.3) is 10.8 Å². The third-order valence-corrected chi connectivity index (χ3v) is 6.48. The first-order chi connectivity index (χ1) is 13.9. The molecule has 0 spiro atoms. The average molecular weight is 458 g/mol. The van der Waals surface area contributed by atoms with Gasteiger partial charge in [-0.1, -0.05) is 0 Å². The Bertz CT molecular complexity index is 946. The van der Waals surface area contributed by atoms with Crippen LogP contribution in [0.2, 0.25) is 0 Å². The molecule has 0 atom stereocenters. The van der Waals surface area contributed by atoms with E-state index < -0.39 is 5.60 Å². The number of hydrogen-bond donors (Lipinski definition) is 1. The van der Waals surface area contributed by atoms with Crippen LogP contribution in [0, 0.1) is 0 Å². The number of nitrogens with zero attached hydrogens (tertiary/aromatic N) is 2. The maximum absolute atomic E-state index is 11.6. The van der Waals surface area contributed by atoms with Gasteiger partial charge in [-0.3, -0.25) is 0 Å². The number of carbonyl (C=O) groups is 1. The van der Waals surface area contributed by atoms with Gasteiger partial charge < -0.3 is 0 Å². The maximum atomic E-state index is 11.6. The zero-order valence-corrected chi connectivity index (χ0v) is 19.1. The van der Waals surface area contributed by atoms with E-state index in [1.165, 1.54) is 25.5 Å². The Morgan fingerprint density at radius 1 is 1.00 bits per heavy atom. The molecule has 3 rings (SSSR count). The number of fused-ring (bicyclic) bond motifs is 1. The summed E-state index contributed by atoms with van der Waals surface area (Å²) in [5.74, 6) is 0. The van der Waals surface area contributed by atoms with E-state index in [2.05, 4.69) is 58.0 Å². The van der Waals surface area contributed by atoms with Crippen LogP contribution in [0.15, 0.2) is 42.5 Å². The topological polar surface area (TPSA) is 64.1 Å². The molecule has 6 heteroatoms. The molecule has 0 radical (unpaired) electrons. The summed E-state index contributed by atoms with van der Waals surface area (Å²) in [4.78, 5) is 11.6. The molecule has 0 saturated carbocycles. The first-order valence-corrected chi connectivity index (χ1v) is 11.9. The van der Waals surface area contributed by atoms with Gasteiger partial charge in [-0.15, -0.1) is 0 Å². The molecule has 0 bridgehead atoms. The number of amides is 1. The number of aryl methyl sites for hydroxylation is 1. The van der Waals surface area contributed by atoms with Crippen molar-refractivity contribution in [3.63, 3.8) is 0 Å². The summed E-state index contributed by atoms with van der Waals surface area (Å²) in [6.45, 7) is 6.25. The predicted octanol–water partition coefficient (Wildman–Crippen LogP) is 4.52. The van der Waals surface area contributed by atoms with Gasteiger partial charge in [0.1, 0.15) is 0 Å². The quantitative estimate of drug-likeness (QED) is 0.398. The second-order valence-corrected chi connectivity index (χ2v) is 10.6. The van der Waals surface area contributed by atoms with Crippen LogP contribution in [0.3, 0.4) is 0 Å². The van der Waals surface area contributed by atoms with Crippen molar-refractivity contribution in [2.45, 2.75) is 58.5 Å². The van der Waals surface area contributed by atoms with Crippen molar-refractivity contribution in [2.24, 2.45) is 0 Å². The van der Waals surface area contributed by atoms with Gasteiger partial charge >= 0.3 is 179 Å². The second-order valence-electron chi connectivity index (χ2n) is 8.19. The van der Waals surface area contributed by atoms with Crippen molar-refractivity contribution in [1.29, 1.82) is 0 Å². The molecule has 154 valence electrons. The fraction of sp³-hybridized carbons (Fsp3) is 0.435. The van der Waals surface area contributed by atoms with E-state index in [0.29, 0.717) is 6.54 Å². The summed E-state index contributed by atoms with van der Waals surface area (Å²) in [5.41, 5.74) is 0.853. The number of hydrogen-bond acceptors (Lipinski definition) is 4. The number of rotatable bonds is 8. The summed E-state index contributed by atoms with van der Waals surface area (Å²) in [6, 6.07) is 15.1. The SMILES string of the molecule is CC(C)(C)OC(=O)NCCCCCc1nnc(Cc2ccc3ccccc3c2)[se]1. The summed E-state index contributed by atoms with van der Waals surface area (Å²) >= 11 is 0.264. The average Bonchev–Trinajstić information content (AvgIpc) is 3.10. The normalized spacial score (nSPS) is 11.6. The van der Waals surface area contributed by atoms with E-state index in [1.54, 1.807) is 0 Å². The van der Waals surface area contributed by atoms with Gasteiger partial charge in [-0.05, 0) is 0 Å². The molecule has 0 fully saturated rings. The fourth-order valence-corrected chi connectivity index (χ4v) is 5.00. The Morgan fingerprint density at radius 2 is 1.76 bits per heavy atom. The molecule has 29 heavy (non-hydrogen) atoms. The molecule has 1 heterocycles. The Balaban J connectivity index is 1.37. The molecule has 1 aromatic heterocycles. The molecule has 0 unspecified atom stereocenters. The number of aromatic nitrogens is 2. The third kappa shape index (κ3) is 7.30. The second kappa shape index (κ2) is 10.0. The van der Waals surface area contributed by atoms with Gasteiger partial charge in [0.2, 0.25) is 0 Å². The van der Waals surface area contributed by atoms with Gasteiger partial charge in [0, 0.05) is 0 Å². The van der Waals surface area contributed by atoms with Crippen molar-refractivity contribution < 1.29 is 9.53 Å². The molecule has 5 nitrogen and oxygen atoms in total. The fourth-order valence-electron chi connectivity index (χ4n) is 3.07. The molecular formula is C23H29N3O2Se. The summed E-state index contributed by atoms with van der Waals surface area (Å²) in [6.07, 6.45) is 4.63. The van der Waals surface area contributed by atoms with Crippen LogP contribution in [0.5, 0.6) is 0 Å². The minimum absolute atomic E-state index is 0.264. The monoisotopic (exact) mass is 459 g/mol. The number of nitrogens with one attached hydrogen (secondary N) is 1. The van der Waals surface area contributed by atoms with Crippen LogP contribution in [-0.2, 0) is 17.6 Å². The van der Waals surface area contributed by atoms with Crippen LogP contribution >= 0.6 is 0 Å². The standard InChI is InChI=1S/C23H29N3O2Se/c1-23(2,3)28-22(27)24-14-8-4-5-11-20-25-26-21(29-20)16-17-12-13-18-9-6-7-10-19(18)15-17/h6-7,9-10,12-13,15H,4-5,8,11,14,16H2,1-3H3,(H,24,27). The number of carbonyl (C=O) groups excluding carboxylic acids is 1. The van der Waals surface area contributed by atoms with E-state index in [0.717, 1.165) is 32.1 Å². The Labute approximate surface area is 178 Å². The third-order valence-electron chi connectivity index (χ3n) is 4.41. The molecule has 2 aromatic carbocycles. The first-order valence-electron chi connectivity index (χ1n) is 10.1. The van der Waals surface area contributed by atoms with Crippen molar-refractivity contribution >= 4 is 31.4 Å². The number of benzene rings is 2. The molecule has 0 aliphatic carbocycles. The number of ether oxygens (including phenoxy) is 1. The summed E-state index contributed by atoms with van der Waals surface area (Å²) < 4.78 is 7.66. The zero-order chi connectivity index (χ0) is 20.7. The number of alkyl carbamates (subject to hydrolysis) is 1. The summed E-state index contributed by atoms with van der Waals surface area (Å²) in [7, 11) is 0. The minimum atomic E-state index is -0.447. The van der Waals surface area contributed by atoms with E-state index in [4.69, 9.17) is 4.74 Å². The first kappa shape index (κ1) is 21.5. The van der Waals surface area contributed by atoms with Gasteiger partial charge in [-0.25, -0.2) is 0 Å². The molecule has 3 aromatic rings. The van der Waals surface area contributed by atoms with E-state index in [-0.39, 0.29) is 20.6 Å². The molecule has 1 N–H and O–H groups in total. The van der Waals surface area contributed by atoms with Crippen LogP contribution in [0.4, 0.5) is 4.79 Å². The van der Waals surface area contributed by atoms with Crippen molar-refractivity contribution in [1.82, 2.24) is 15.5 Å². The van der Waals surface area contributed by atoms with Crippen LogP contribution in [0.1, 0.15) is 54.7 Å². The van der Waals surface area contributed by atoms with Crippen LogP contribution < -0.4 is 5.32 Å². The van der Waals surface area contributed by atoms with E-state index in [9.17, 15) is 4.79 Å². The molecule has 0 saturated heterocycles. The van der Waals surface area contributed by atoms with Gasteiger partial charge in [0.25, 0.3) is 0 Å². The van der Waals surface area contributed by atoms with Crippen molar-refractivity contribution in [3.05, 3.63) is 57.2 Å². The Hall–Kier alpha value is -2.17. The zero-order valence-electron chi connectivity index (χ0n) is 17.4. The van der Waals surface area contributed by atoms with E-state index >= 15 is 0 Å². The van der Waals surface area contributed by atoms with Crippen molar-refractivity contribution in [3.8, 4) is 0 Å². The molecule has 0 aliphatic heterocycles. The van der Waals surface area contributed by atoms with E-state index in [1.807, 2.05) is 20.8 Å². The summed E-state index contributed by atoms with van der Waals surface area (Å²) in [5, 5.41) is 14.2. The molecule has 1 amide bonds. The van der Waals surface area contributed by atoms with Gasteiger partial charge in [0.15, 0.2) is 0 Å². The Kier molecular flexibility index (Phi) is 7.45. The van der Waals surface area contributed by atoms with Gasteiger partial charge in [-0.2, -0.15) is 0 Å². The van der Waals surface area contributed by atoms with Crippen LogP contribution in [-0.4, -0.2) is 42.9 Å². The molecule has 0 aliphatic rings. The van der Waals surface area contributed by atoms with Crippen molar-refractivity contribution in [2.75, 3.05) is 6.54 Å². The Morgan fingerprint density at radius 3 is 2.55 bits per heavy atom. The number of unbranched alkanes of at least 4 members (excludes halogenated alkanes) is 2. The predicted molar refractivity (Wildman–Crippen MR) is 118 cm³/mol.